The number of rotatable bonds is 4. The molecule has 1 aromatic rings. The van der Waals surface area contributed by atoms with Crippen molar-refractivity contribution in [2.45, 2.75) is 13.2 Å². The molecule has 14 heavy (non-hydrogen) atoms. The van der Waals surface area contributed by atoms with Crippen LogP contribution in [0.4, 0.5) is 0 Å². The van der Waals surface area contributed by atoms with E-state index in [9.17, 15) is 4.79 Å². The van der Waals surface area contributed by atoms with Crippen LogP contribution in [-0.4, -0.2) is 13.2 Å². The van der Waals surface area contributed by atoms with E-state index in [1.807, 2.05) is 18.2 Å². The van der Waals surface area contributed by atoms with Crippen molar-refractivity contribution < 1.29 is 9.53 Å². The number of hydrogen-bond acceptors (Lipinski definition) is 3. The molecule has 0 aliphatic rings. The van der Waals surface area contributed by atoms with Gasteiger partial charge in [-0.1, -0.05) is 28.1 Å². The van der Waals surface area contributed by atoms with Gasteiger partial charge in [-0.15, -0.1) is 0 Å². The van der Waals surface area contributed by atoms with E-state index in [0.717, 1.165) is 15.6 Å². The van der Waals surface area contributed by atoms with E-state index in [4.69, 9.17) is 4.74 Å². The van der Waals surface area contributed by atoms with Crippen LogP contribution in [0.15, 0.2) is 27.7 Å². The Labute approximate surface area is 90.9 Å². The largest absolute Gasteiger partial charge is 0.380 e. The Morgan fingerprint density at radius 2 is 2.36 bits per heavy atom. The smallest absolute Gasteiger partial charge is 0.235 e. The quantitative estimate of drug-likeness (QED) is 0.613. The van der Waals surface area contributed by atoms with Gasteiger partial charge in [0.1, 0.15) is 0 Å². The van der Waals surface area contributed by atoms with E-state index in [-0.39, 0.29) is 0 Å². The molecule has 0 N–H and O–H groups in total. The molecule has 0 aromatic heterocycles. The minimum absolute atomic E-state index is 0.370. The van der Waals surface area contributed by atoms with Crippen molar-refractivity contribution in [1.29, 1.82) is 0 Å². The van der Waals surface area contributed by atoms with Gasteiger partial charge in [0, 0.05) is 11.6 Å². The predicted molar refractivity (Wildman–Crippen MR) is 56.7 cm³/mol. The third kappa shape index (κ3) is 3.07. The van der Waals surface area contributed by atoms with Gasteiger partial charge >= 0.3 is 0 Å². The monoisotopic (exact) mass is 255 g/mol. The molecular formula is C10H10BrNO2. The van der Waals surface area contributed by atoms with Gasteiger partial charge in [-0.25, -0.2) is 9.79 Å². The second kappa shape index (κ2) is 5.70. The minimum Gasteiger partial charge on any atom is -0.380 e. The fraction of sp³-hybridized carbons (Fsp3) is 0.300. The molecule has 74 valence electrons. The third-order valence-electron chi connectivity index (χ3n) is 1.74. The van der Waals surface area contributed by atoms with Gasteiger partial charge in [0.15, 0.2) is 0 Å². The Kier molecular flexibility index (Phi) is 4.53. The first-order valence-electron chi connectivity index (χ1n) is 4.08. The first kappa shape index (κ1) is 11.1. The topological polar surface area (TPSA) is 38.7 Å². The maximum atomic E-state index is 9.91. The summed E-state index contributed by atoms with van der Waals surface area (Å²) >= 11 is 3.42. The Bertz CT molecular complexity index is 359. The molecule has 0 aliphatic carbocycles. The van der Waals surface area contributed by atoms with E-state index in [2.05, 4.69) is 20.9 Å². The zero-order chi connectivity index (χ0) is 10.4. The van der Waals surface area contributed by atoms with Crippen molar-refractivity contribution in [2.24, 2.45) is 4.99 Å². The van der Waals surface area contributed by atoms with E-state index < -0.39 is 0 Å². The molecule has 1 rings (SSSR count). The van der Waals surface area contributed by atoms with Crippen LogP contribution < -0.4 is 0 Å². The summed E-state index contributed by atoms with van der Waals surface area (Å²) in [4.78, 5) is 13.4. The van der Waals surface area contributed by atoms with Crippen molar-refractivity contribution in [3.63, 3.8) is 0 Å². The molecule has 0 fully saturated rings. The molecule has 0 heterocycles. The lowest BCUT2D eigenvalue weighted by atomic mass is 10.1. The summed E-state index contributed by atoms with van der Waals surface area (Å²) in [6.45, 7) is 0.938. The molecule has 0 saturated heterocycles. The van der Waals surface area contributed by atoms with Crippen LogP contribution in [0.2, 0.25) is 0 Å². The molecule has 0 spiro atoms. The van der Waals surface area contributed by atoms with Gasteiger partial charge in [-0.05, 0) is 17.2 Å². The molecule has 0 aliphatic heterocycles. The number of halogens is 1. The fourth-order valence-electron chi connectivity index (χ4n) is 1.09. The predicted octanol–water partition coefficient (Wildman–Crippen LogP) is 2.43. The summed E-state index contributed by atoms with van der Waals surface area (Å²) in [5, 5.41) is 0. The van der Waals surface area contributed by atoms with E-state index in [1.54, 1.807) is 7.11 Å². The number of carbonyl (C=O) groups excluding carboxylic acids is 1. The lowest BCUT2D eigenvalue weighted by Gasteiger charge is -2.04. The molecule has 0 atom stereocenters. The van der Waals surface area contributed by atoms with Crippen molar-refractivity contribution in [1.82, 2.24) is 0 Å². The maximum absolute atomic E-state index is 9.91. The van der Waals surface area contributed by atoms with E-state index in [1.165, 1.54) is 6.08 Å². The summed E-state index contributed by atoms with van der Waals surface area (Å²) in [5.41, 5.74) is 2.05. The average Bonchev–Trinajstić information content (AvgIpc) is 2.19. The lowest BCUT2D eigenvalue weighted by Crippen LogP contribution is -1.90. The molecule has 0 unspecified atom stereocenters. The summed E-state index contributed by atoms with van der Waals surface area (Å²) < 4.78 is 5.98. The number of methoxy groups -OCH3 is 1. The van der Waals surface area contributed by atoms with Crippen LogP contribution in [0, 0.1) is 0 Å². The summed E-state index contributed by atoms with van der Waals surface area (Å²) in [6.07, 6.45) is 1.51. The first-order valence-corrected chi connectivity index (χ1v) is 4.87. The van der Waals surface area contributed by atoms with Crippen LogP contribution >= 0.6 is 15.9 Å². The SMILES string of the molecule is COCc1ccc(CN=C=O)cc1Br. The molecule has 1 aromatic carbocycles. The van der Waals surface area contributed by atoms with Crippen LogP contribution in [0.1, 0.15) is 11.1 Å². The van der Waals surface area contributed by atoms with Crippen molar-refractivity contribution in [3.8, 4) is 0 Å². The molecule has 0 amide bonds. The molecule has 0 bridgehead atoms. The second-order valence-electron chi connectivity index (χ2n) is 2.77. The number of aliphatic imine (C=N–C) groups is 1. The van der Waals surface area contributed by atoms with Crippen molar-refractivity contribution >= 4 is 22.0 Å². The fourth-order valence-corrected chi connectivity index (χ4v) is 1.63. The van der Waals surface area contributed by atoms with Gasteiger partial charge in [-0.3, -0.25) is 0 Å². The van der Waals surface area contributed by atoms with Gasteiger partial charge in [0.25, 0.3) is 0 Å². The van der Waals surface area contributed by atoms with Gasteiger partial charge < -0.3 is 4.74 Å². The molecule has 0 radical (unpaired) electrons. The number of nitrogens with zero attached hydrogens (tertiary/aromatic N) is 1. The van der Waals surface area contributed by atoms with Crippen LogP contribution in [0.5, 0.6) is 0 Å². The summed E-state index contributed by atoms with van der Waals surface area (Å²) in [6, 6.07) is 5.79. The number of ether oxygens (including phenoxy) is 1. The molecule has 0 saturated carbocycles. The number of isocyanates is 1. The van der Waals surface area contributed by atoms with E-state index in [0.29, 0.717) is 13.2 Å². The average molecular weight is 256 g/mol. The molecule has 4 heteroatoms. The number of hydrogen-bond donors (Lipinski definition) is 0. The molecular weight excluding hydrogens is 246 g/mol. The minimum atomic E-state index is 0.370. The highest BCUT2D eigenvalue weighted by Gasteiger charge is 2.00. The Balaban J connectivity index is 2.82. The zero-order valence-electron chi connectivity index (χ0n) is 7.79. The maximum Gasteiger partial charge on any atom is 0.235 e. The van der Waals surface area contributed by atoms with Crippen LogP contribution in [0.25, 0.3) is 0 Å². The standard InChI is InChI=1S/C10H10BrNO2/c1-14-6-9-3-2-8(4-10(9)11)5-12-7-13/h2-4H,5-6H2,1H3. The Hall–Kier alpha value is -0.960. The highest BCUT2D eigenvalue weighted by atomic mass is 79.9. The Morgan fingerprint density at radius 1 is 1.57 bits per heavy atom. The van der Waals surface area contributed by atoms with Crippen LogP contribution in [0.3, 0.4) is 0 Å². The highest BCUT2D eigenvalue weighted by Crippen LogP contribution is 2.19. The van der Waals surface area contributed by atoms with E-state index >= 15 is 0 Å². The second-order valence-corrected chi connectivity index (χ2v) is 3.62. The van der Waals surface area contributed by atoms with Gasteiger partial charge in [0.2, 0.25) is 6.08 Å². The first-order chi connectivity index (χ1) is 6.77. The molecule has 3 nitrogen and oxygen atoms in total. The van der Waals surface area contributed by atoms with Crippen molar-refractivity contribution in [3.05, 3.63) is 33.8 Å². The number of benzene rings is 1. The highest BCUT2D eigenvalue weighted by molar-refractivity contribution is 9.10. The summed E-state index contributed by atoms with van der Waals surface area (Å²) in [7, 11) is 1.65. The normalized spacial score (nSPS) is 9.57. The van der Waals surface area contributed by atoms with Crippen molar-refractivity contribution in [2.75, 3.05) is 7.11 Å². The van der Waals surface area contributed by atoms with Gasteiger partial charge in [-0.2, -0.15) is 0 Å². The Morgan fingerprint density at radius 3 is 2.93 bits per heavy atom. The van der Waals surface area contributed by atoms with Crippen LogP contribution in [-0.2, 0) is 22.7 Å². The third-order valence-corrected chi connectivity index (χ3v) is 2.48. The zero-order valence-corrected chi connectivity index (χ0v) is 9.37. The van der Waals surface area contributed by atoms with Gasteiger partial charge in [0.05, 0.1) is 13.2 Å². The lowest BCUT2D eigenvalue weighted by molar-refractivity contribution is 0.184. The summed E-state index contributed by atoms with van der Waals surface area (Å²) in [5.74, 6) is 0.